The molecule has 1 aliphatic rings. The van der Waals surface area contributed by atoms with Gasteiger partial charge in [0.2, 0.25) is 5.91 Å². The second-order valence-corrected chi connectivity index (χ2v) is 6.13. The molecule has 7 nitrogen and oxygen atoms in total. The number of methoxy groups -OCH3 is 1. The average molecular weight is 321 g/mol. The number of nitrogens with one attached hydrogen (secondary N) is 1. The highest BCUT2D eigenvalue weighted by Crippen LogP contribution is 2.32. The van der Waals surface area contributed by atoms with Crippen LogP contribution < -0.4 is 10.1 Å². The van der Waals surface area contributed by atoms with Gasteiger partial charge in [0.25, 0.3) is 0 Å². The third kappa shape index (κ3) is 4.41. The molecule has 0 spiro atoms. The number of nitro benzene ring substituents is 1. The second kappa shape index (κ2) is 7.41. The zero-order valence-corrected chi connectivity index (χ0v) is 13.8. The molecule has 0 unspecified atom stereocenters. The van der Waals surface area contributed by atoms with Gasteiger partial charge in [-0.2, -0.15) is 0 Å². The van der Waals surface area contributed by atoms with E-state index < -0.39 is 4.92 Å². The molecule has 2 rings (SSSR count). The van der Waals surface area contributed by atoms with Gasteiger partial charge in [-0.15, -0.1) is 0 Å². The number of carbonyl (C=O) groups excluding carboxylic acids is 1. The van der Waals surface area contributed by atoms with E-state index in [0.29, 0.717) is 23.7 Å². The third-order valence-electron chi connectivity index (χ3n) is 4.10. The summed E-state index contributed by atoms with van der Waals surface area (Å²) in [6.45, 7) is 6.11. The highest BCUT2D eigenvalue weighted by molar-refractivity contribution is 5.93. The third-order valence-corrected chi connectivity index (χ3v) is 4.10. The molecule has 1 amide bonds. The summed E-state index contributed by atoms with van der Waals surface area (Å²) < 4.78 is 5.04. The number of anilines is 1. The predicted molar refractivity (Wildman–Crippen MR) is 87.9 cm³/mol. The molecule has 0 radical (unpaired) electrons. The van der Waals surface area contributed by atoms with Gasteiger partial charge in [-0.25, -0.2) is 0 Å². The standard InChI is InChI=1S/C16H23N3O4/c1-11-5-4-6-18(9-11)10-16(20)17-13-8-15(23-3)14(19(21)22)7-12(13)2/h7-8,11H,4-6,9-10H2,1-3H3,(H,17,20)/t11-/m0/s1. The Morgan fingerprint density at radius 2 is 2.26 bits per heavy atom. The number of hydrogen-bond donors (Lipinski definition) is 1. The second-order valence-electron chi connectivity index (χ2n) is 6.13. The van der Waals surface area contributed by atoms with Crippen LogP contribution in [-0.4, -0.2) is 42.5 Å². The molecule has 7 heteroatoms. The van der Waals surface area contributed by atoms with Crippen molar-refractivity contribution >= 4 is 17.3 Å². The molecule has 1 heterocycles. The predicted octanol–water partition coefficient (Wildman–Crippen LogP) is 2.58. The summed E-state index contributed by atoms with van der Waals surface area (Å²) in [6.07, 6.45) is 2.32. The lowest BCUT2D eigenvalue weighted by Gasteiger charge is -2.30. The van der Waals surface area contributed by atoms with Crippen molar-refractivity contribution in [1.29, 1.82) is 0 Å². The van der Waals surface area contributed by atoms with E-state index in [1.807, 2.05) is 0 Å². The Morgan fingerprint density at radius 3 is 2.87 bits per heavy atom. The zero-order valence-electron chi connectivity index (χ0n) is 13.8. The maximum absolute atomic E-state index is 12.2. The number of nitrogens with zero attached hydrogens (tertiary/aromatic N) is 2. The molecule has 1 aromatic rings. The van der Waals surface area contributed by atoms with Gasteiger partial charge in [-0.3, -0.25) is 19.8 Å². The van der Waals surface area contributed by atoms with Crippen LogP contribution in [0.4, 0.5) is 11.4 Å². The lowest BCUT2D eigenvalue weighted by atomic mass is 10.0. The van der Waals surface area contributed by atoms with E-state index in [4.69, 9.17) is 4.74 Å². The summed E-state index contributed by atoms with van der Waals surface area (Å²) in [4.78, 5) is 24.9. The largest absolute Gasteiger partial charge is 0.490 e. The van der Waals surface area contributed by atoms with E-state index in [9.17, 15) is 14.9 Å². The van der Waals surface area contributed by atoms with E-state index >= 15 is 0 Å². The summed E-state index contributed by atoms with van der Waals surface area (Å²) in [5.74, 6) is 0.637. The summed E-state index contributed by atoms with van der Waals surface area (Å²) >= 11 is 0. The molecule has 1 N–H and O–H groups in total. The van der Waals surface area contributed by atoms with Crippen LogP contribution in [0.15, 0.2) is 12.1 Å². The number of nitro groups is 1. The monoisotopic (exact) mass is 321 g/mol. The number of ether oxygens (including phenoxy) is 1. The number of amides is 1. The highest BCUT2D eigenvalue weighted by Gasteiger charge is 2.21. The smallest absolute Gasteiger partial charge is 0.311 e. The molecule has 1 saturated heterocycles. The molecule has 0 saturated carbocycles. The van der Waals surface area contributed by atoms with Crippen molar-refractivity contribution in [2.45, 2.75) is 26.7 Å². The molecule has 126 valence electrons. The minimum absolute atomic E-state index is 0.104. The Hall–Kier alpha value is -2.15. The summed E-state index contributed by atoms with van der Waals surface area (Å²) in [5.41, 5.74) is 1.08. The fraction of sp³-hybridized carbons (Fsp3) is 0.562. The summed E-state index contributed by atoms with van der Waals surface area (Å²) in [7, 11) is 1.37. The van der Waals surface area contributed by atoms with Gasteiger partial charge in [0.15, 0.2) is 5.75 Å². The molecule has 1 aromatic carbocycles. The molecule has 23 heavy (non-hydrogen) atoms. The van der Waals surface area contributed by atoms with E-state index in [-0.39, 0.29) is 17.3 Å². The first-order chi connectivity index (χ1) is 10.9. The summed E-state index contributed by atoms with van der Waals surface area (Å²) in [5, 5.41) is 13.8. The number of benzene rings is 1. The Kier molecular flexibility index (Phi) is 5.54. The van der Waals surface area contributed by atoms with Crippen molar-refractivity contribution in [2.75, 3.05) is 32.1 Å². The molecule has 1 atom stereocenters. The molecule has 0 bridgehead atoms. The number of likely N-dealkylation sites (tertiary alicyclic amines) is 1. The first kappa shape index (κ1) is 17.2. The number of piperidine rings is 1. The van der Waals surface area contributed by atoms with Gasteiger partial charge in [-0.05, 0) is 37.8 Å². The first-order valence-corrected chi connectivity index (χ1v) is 7.76. The van der Waals surface area contributed by atoms with E-state index in [1.54, 1.807) is 6.92 Å². The number of hydrogen-bond acceptors (Lipinski definition) is 5. The average Bonchev–Trinajstić information content (AvgIpc) is 2.48. The minimum Gasteiger partial charge on any atom is -0.490 e. The molecular weight excluding hydrogens is 298 g/mol. The first-order valence-electron chi connectivity index (χ1n) is 7.76. The Labute approximate surface area is 135 Å². The van der Waals surface area contributed by atoms with Crippen LogP contribution in [-0.2, 0) is 4.79 Å². The lowest BCUT2D eigenvalue weighted by molar-refractivity contribution is -0.385. The van der Waals surface area contributed by atoms with Gasteiger partial charge >= 0.3 is 5.69 Å². The topological polar surface area (TPSA) is 84.7 Å². The van der Waals surface area contributed by atoms with Crippen LogP contribution in [0.2, 0.25) is 0 Å². The summed E-state index contributed by atoms with van der Waals surface area (Å²) in [6, 6.07) is 2.92. The molecular formula is C16H23N3O4. The lowest BCUT2D eigenvalue weighted by Crippen LogP contribution is -2.39. The van der Waals surface area contributed by atoms with Crippen LogP contribution >= 0.6 is 0 Å². The van der Waals surface area contributed by atoms with Crippen LogP contribution in [0, 0.1) is 23.0 Å². The fourth-order valence-corrected chi connectivity index (χ4v) is 2.94. The van der Waals surface area contributed by atoms with Gasteiger partial charge in [0, 0.05) is 24.4 Å². The van der Waals surface area contributed by atoms with Gasteiger partial charge in [0.1, 0.15) is 0 Å². The van der Waals surface area contributed by atoms with Crippen molar-refractivity contribution in [3.63, 3.8) is 0 Å². The molecule has 0 aromatic heterocycles. The Balaban J connectivity index is 2.07. The van der Waals surface area contributed by atoms with E-state index in [1.165, 1.54) is 25.7 Å². The maximum Gasteiger partial charge on any atom is 0.311 e. The van der Waals surface area contributed by atoms with Gasteiger partial charge < -0.3 is 10.1 Å². The SMILES string of the molecule is COc1cc(NC(=O)CN2CCC[C@H](C)C2)c(C)cc1[N+](=O)[O-]. The zero-order chi connectivity index (χ0) is 17.0. The van der Waals surface area contributed by atoms with Crippen molar-refractivity contribution < 1.29 is 14.5 Å². The van der Waals surface area contributed by atoms with E-state index in [0.717, 1.165) is 19.5 Å². The molecule has 1 aliphatic heterocycles. The van der Waals surface area contributed by atoms with Crippen LogP contribution in [0.1, 0.15) is 25.3 Å². The van der Waals surface area contributed by atoms with Crippen LogP contribution in [0.3, 0.4) is 0 Å². The van der Waals surface area contributed by atoms with Crippen molar-refractivity contribution in [1.82, 2.24) is 4.90 Å². The fourth-order valence-electron chi connectivity index (χ4n) is 2.94. The van der Waals surface area contributed by atoms with Crippen molar-refractivity contribution in [3.05, 3.63) is 27.8 Å². The van der Waals surface area contributed by atoms with Gasteiger partial charge in [-0.1, -0.05) is 6.92 Å². The van der Waals surface area contributed by atoms with Crippen molar-refractivity contribution in [3.8, 4) is 5.75 Å². The number of carbonyl (C=O) groups is 1. The Morgan fingerprint density at radius 1 is 1.52 bits per heavy atom. The molecule has 0 aliphatic carbocycles. The minimum atomic E-state index is -0.493. The highest BCUT2D eigenvalue weighted by atomic mass is 16.6. The van der Waals surface area contributed by atoms with Crippen LogP contribution in [0.25, 0.3) is 0 Å². The normalized spacial score (nSPS) is 18.5. The van der Waals surface area contributed by atoms with Gasteiger partial charge in [0.05, 0.1) is 18.6 Å². The quantitative estimate of drug-likeness (QED) is 0.665. The van der Waals surface area contributed by atoms with E-state index in [2.05, 4.69) is 17.1 Å². The number of aryl methyl sites for hydroxylation is 1. The Bertz CT molecular complexity index is 603. The maximum atomic E-state index is 12.2. The van der Waals surface area contributed by atoms with Crippen LogP contribution in [0.5, 0.6) is 5.75 Å². The van der Waals surface area contributed by atoms with Crippen molar-refractivity contribution in [2.24, 2.45) is 5.92 Å². The number of rotatable bonds is 5. The molecule has 1 fully saturated rings.